The van der Waals surface area contributed by atoms with Gasteiger partial charge in [0, 0.05) is 13.1 Å². The highest BCUT2D eigenvalue weighted by Crippen LogP contribution is 2.35. The number of carbonyl (C=O) groups is 2. The van der Waals surface area contributed by atoms with Crippen molar-refractivity contribution in [3.05, 3.63) is 24.0 Å². The molecular weight excluding hydrogens is 270 g/mol. The fourth-order valence-corrected chi connectivity index (χ4v) is 2.96. The van der Waals surface area contributed by atoms with Gasteiger partial charge < -0.3 is 15.7 Å². The quantitative estimate of drug-likeness (QED) is 0.881. The number of likely N-dealkylation sites (tertiary alicyclic amines) is 1. The highest BCUT2D eigenvalue weighted by molar-refractivity contribution is 5.93. The molecule has 2 rings (SSSR count). The van der Waals surface area contributed by atoms with Gasteiger partial charge in [0.15, 0.2) is 0 Å². The predicted molar refractivity (Wildman–Crippen MR) is 78.8 cm³/mol. The molecule has 1 aliphatic heterocycles. The van der Waals surface area contributed by atoms with Crippen LogP contribution in [-0.4, -0.2) is 40.0 Å². The molecule has 1 saturated heterocycles. The highest BCUT2D eigenvalue weighted by atomic mass is 16.4. The summed E-state index contributed by atoms with van der Waals surface area (Å²) >= 11 is 0. The van der Waals surface area contributed by atoms with Crippen molar-refractivity contribution in [3.8, 4) is 0 Å². The summed E-state index contributed by atoms with van der Waals surface area (Å²) in [7, 11) is 0. The van der Waals surface area contributed by atoms with E-state index in [-0.39, 0.29) is 12.5 Å². The second-order valence-corrected chi connectivity index (χ2v) is 5.64. The maximum absolute atomic E-state index is 12.5. The van der Waals surface area contributed by atoms with E-state index < -0.39 is 11.4 Å². The van der Waals surface area contributed by atoms with Gasteiger partial charge in [-0.15, -0.1) is 0 Å². The lowest BCUT2D eigenvalue weighted by Crippen LogP contribution is -2.50. The number of amides is 1. The maximum Gasteiger partial charge on any atom is 0.311 e. The molecule has 2 heterocycles. The Morgan fingerprint density at radius 3 is 2.81 bits per heavy atom. The number of carbonyl (C=O) groups excluding carboxylic acids is 1. The van der Waals surface area contributed by atoms with E-state index in [1.54, 1.807) is 17.0 Å². The van der Waals surface area contributed by atoms with Crippen molar-refractivity contribution in [2.45, 2.75) is 32.6 Å². The van der Waals surface area contributed by atoms with Crippen LogP contribution in [0.25, 0.3) is 0 Å². The number of carboxylic acid groups (broad SMARTS) is 1. The van der Waals surface area contributed by atoms with E-state index in [0.29, 0.717) is 37.2 Å². The Morgan fingerprint density at radius 1 is 1.48 bits per heavy atom. The van der Waals surface area contributed by atoms with Gasteiger partial charge in [-0.05, 0) is 31.4 Å². The molecule has 1 aromatic rings. The summed E-state index contributed by atoms with van der Waals surface area (Å²) in [6.07, 6.45) is 4.13. The number of carboxylic acids is 1. The van der Waals surface area contributed by atoms with Crippen LogP contribution < -0.4 is 5.73 Å². The topological polar surface area (TPSA) is 96.5 Å². The van der Waals surface area contributed by atoms with E-state index in [1.165, 1.54) is 6.20 Å². The molecule has 1 aliphatic rings. The van der Waals surface area contributed by atoms with Gasteiger partial charge in [0.2, 0.25) is 0 Å². The Bertz CT molecular complexity index is 525. The minimum Gasteiger partial charge on any atom is -0.481 e. The summed E-state index contributed by atoms with van der Waals surface area (Å²) in [4.78, 5) is 29.7. The van der Waals surface area contributed by atoms with Crippen molar-refractivity contribution in [2.24, 2.45) is 5.41 Å². The van der Waals surface area contributed by atoms with Crippen LogP contribution in [0.3, 0.4) is 0 Å². The molecular formula is C15H21N3O3. The number of piperidine rings is 1. The molecule has 0 spiro atoms. The summed E-state index contributed by atoms with van der Waals surface area (Å²) in [5.41, 5.74) is 5.54. The fourth-order valence-electron chi connectivity index (χ4n) is 2.96. The molecule has 1 unspecified atom stereocenters. The third-order valence-electron chi connectivity index (χ3n) is 4.05. The molecule has 3 N–H and O–H groups in total. The first kappa shape index (κ1) is 15.3. The summed E-state index contributed by atoms with van der Waals surface area (Å²) < 4.78 is 0. The molecule has 0 radical (unpaired) electrons. The molecule has 0 saturated carbocycles. The summed E-state index contributed by atoms with van der Waals surface area (Å²) in [6, 6.07) is 3.20. The van der Waals surface area contributed by atoms with Crippen LogP contribution in [-0.2, 0) is 4.79 Å². The number of pyridine rings is 1. The number of rotatable bonds is 4. The number of nitrogens with zero attached hydrogens (tertiary/aromatic N) is 2. The molecule has 114 valence electrons. The van der Waals surface area contributed by atoms with Crippen LogP contribution in [0.15, 0.2) is 18.3 Å². The molecule has 0 bridgehead atoms. The number of aliphatic carboxylic acids is 1. The Balaban J connectivity index is 2.18. The zero-order valence-electron chi connectivity index (χ0n) is 12.2. The van der Waals surface area contributed by atoms with Gasteiger partial charge in [-0.25, -0.2) is 4.98 Å². The largest absolute Gasteiger partial charge is 0.481 e. The third kappa shape index (κ3) is 3.15. The van der Waals surface area contributed by atoms with E-state index >= 15 is 0 Å². The van der Waals surface area contributed by atoms with Crippen LogP contribution in [0.1, 0.15) is 43.1 Å². The van der Waals surface area contributed by atoms with Gasteiger partial charge in [0.05, 0.1) is 17.3 Å². The number of hydrogen-bond donors (Lipinski definition) is 2. The lowest BCUT2D eigenvalue weighted by atomic mass is 9.76. The van der Waals surface area contributed by atoms with E-state index in [0.717, 1.165) is 6.42 Å². The average molecular weight is 291 g/mol. The van der Waals surface area contributed by atoms with Crippen LogP contribution in [0, 0.1) is 5.41 Å². The van der Waals surface area contributed by atoms with Crippen LogP contribution >= 0.6 is 0 Å². The third-order valence-corrected chi connectivity index (χ3v) is 4.05. The van der Waals surface area contributed by atoms with Crippen LogP contribution in [0.2, 0.25) is 0 Å². The maximum atomic E-state index is 12.5. The van der Waals surface area contributed by atoms with Crippen molar-refractivity contribution in [1.82, 2.24) is 9.88 Å². The van der Waals surface area contributed by atoms with Crippen LogP contribution in [0.4, 0.5) is 5.69 Å². The predicted octanol–water partition coefficient (Wildman–Crippen LogP) is 1.77. The Labute approximate surface area is 124 Å². The molecule has 21 heavy (non-hydrogen) atoms. The Hall–Kier alpha value is -2.11. The first-order chi connectivity index (χ1) is 9.98. The van der Waals surface area contributed by atoms with Crippen molar-refractivity contribution < 1.29 is 14.7 Å². The highest BCUT2D eigenvalue weighted by Gasteiger charge is 2.43. The van der Waals surface area contributed by atoms with Gasteiger partial charge >= 0.3 is 5.97 Å². The average Bonchev–Trinajstić information content (AvgIpc) is 2.48. The fraction of sp³-hybridized carbons (Fsp3) is 0.533. The Kier molecular flexibility index (Phi) is 4.45. The van der Waals surface area contributed by atoms with Gasteiger partial charge in [-0.2, -0.15) is 0 Å². The Morgan fingerprint density at radius 2 is 2.24 bits per heavy atom. The molecule has 0 aromatic carbocycles. The number of nitrogen functional groups attached to an aromatic ring is 1. The standard InChI is InChI=1S/C15H21N3O3/c1-2-6-15(14(20)21)7-3-8-18(10-15)13(19)12-5-4-11(16)9-17-12/h4-5,9H,2-3,6-8,10,16H2,1H3,(H,20,21). The second-order valence-electron chi connectivity index (χ2n) is 5.64. The smallest absolute Gasteiger partial charge is 0.311 e. The number of nitrogens with two attached hydrogens (primary N) is 1. The molecule has 1 aromatic heterocycles. The van der Waals surface area contributed by atoms with Crippen LogP contribution in [0.5, 0.6) is 0 Å². The molecule has 0 aliphatic carbocycles. The number of hydrogen-bond acceptors (Lipinski definition) is 4. The summed E-state index contributed by atoms with van der Waals surface area (Å²) in [5.74, 6) is -1.04. The molecule has 6 heteroatoms. The zero-order valence-corrected chi connectivity index (χ0v) is 12.2. The van der Waals surface area contributed by atoms with Crippen molar-refractivity contribution in [2.75, 3.05) is 18.8 Å². The molecule has 1 atom stereocenters. The lowest BCUT2D eigenvalue weighted by molar-refractivity contribution is -0.152. The molecule has 1 amide bonds. The SMILES string of the molecule is CCCC1(C(=O)O)CCCN(C(=O)c2ccc(N)cn2)C1. The minimum atomic E-state index is -0.823. The van der Waals surface area contributed by atoms with Crippen molar-refractivity contribution in [1.29, 1.82) is 0 Å². The van der Waals surface area contributed by atoms with E-state index in [1.807, 2.05) is 6.92 Å². The van der Waals surface area contributed by atoms with Crippen molar-refractivity contribution in [3.63, 3.8) is 0 Å². The first-order valence-electron chi connectivity index (χ1n) is 7.23. The molecule has 1 fully saturated rings. The van der Waals surface area contributed by atoms with E-state index in [9.17, 15) is 14.7 Å². The number of anilines is 1. The van der Waals surface area contributed by atoms with Gasteiger partial charge in [0.25, 0.3) is 5.91 Å². The first-order valence-corrected chi connectivity index (χ1v) is 7.23. The number of aromatic nitrogens is 1. The van der Waals surface area contributed by atoms with Gasteiger partial charge in [-0.1, -0.05) is 13.3 Å². The van der Waals surface area contributed by atoms with Gasteiger partial charge in [0.1, 0.15) is 5.69 Å². The van der Waals surface area contributed by atoms with Gasteiger partial charge in [-0.3, -0.25) is 9.59 Å². The molecule has 6 nitrogen and oxygen atoms in total. The van der Waals surface area contributed by atoms with Crippen molar-refractivity contribution >= 4 is 17.6 Å². The monoisotopic (exact) mass is 291 g/mol. The normalized spacial score (nSPS) is 22.0. The lowest BCUT2D eigenvalue weighted by Gasteiger charge is -2.39. The minimum absolute atomic E-state index is 0.226. The van der Waals surface area contributed by atoms with E-state index in [4.69, 9.17) is 5.73 Å². The summed E-state index contributed by atoms with van der Waals surface area (Å²) in [6.45, 7) is 2.79. The zero-order chi connectivity index (χ0) is 15.5. The van der Waals surface area contributed by atoms with E-state index in [2.05, 4.69) is 4.98 Å². The summed E-state index contributed by atoms with van der Waals surface area (Å²) in [5, 5.41) is 9.56. The second kappa shape index (κ2) is 6.11.